The molecule has 0 aliphatic carbocycles. The number of pyridine rings is 1. The summed E-state index contributed by atoms with van der Waals surface area (Å²) < 4.78 is 0.801. The molecule has 0 fully saturated rings. The second-order valence-electron chi connectivity index (χ2n) is 6.18. The molecule has 0 bridgehead atoms. The Hall–Kier alpha value is -1.45. The maximum absolute atomic E-state index is 11.7. The van der Waals surface area contributed by atoms with E-state index in [1.54, 1.807) is 0 Å². The maximum Gasteiger partial charge on any atom is 0.277 e. The Morgan fingerprint density at radius 3 is 1.95 bits per heavy atom. The van der Waals surface area contributed by atoms with Crippen molar-refractivity contribution < 1.29 is 4.73 Å². The fraction of sp³-hybridized carbons (Fsp3) is 0.722. The molecule has 0 unspecified atom stereocenters. The number of rotatable bonds is 11. The molecule has 1 aromatic heterocycles. The number of aryl methyl sites for hydroxylation is 1. The van der Waals surface area contributed by atoms with Crippen molar-refractivity contribution in [2.45, 2.75) is 72.1 Å². The van der Waals surface area contributed by atoms with Gasteiger partial charge in [-0.15, -0.1) is 0 Å². The van der Waals surface area contributed by atoms with Gasteiger partial charge in [0.15, 0.2) is 0 Å². The maximum atomic E-state index is 11.7. The molecule has 0 saturated carbocycles. The molecule has 0 radical (unpaired) electrons. The fourth-order valence-corrected chi connectivity index (χ4v) is 2.74. The van der Waals surface area contributed by atoms with Crippen LogP contribution in [0.15, 0.2) is 12.1 Å². The van der Waals surface area contributed by atoms with Crippen molar-refractivity contribution in [1.29, 1.82) is 0 Å². The first kappa shape index (κ1) is 18.6. The lowest BCUT2D eigenvalue weighted by molar-refractivity contribution is -0.596. The van der Waals surface area contributed by atoms with E-state index in [9.17, 15) is 5.21 Å². The highest BCUT2D eigenvalue weighted by atomic mass is 16.5. The molecule has 4 nitrogen and oxygen atoms in total. The third-order valence-electron chi connectivity index (χ3n) is 4.14. The number of nitrogen functional groups attached to an aromatic ring is 1. The van der Waals surface area contributed by atoms with Gasteiger partial charge in [-0.3, -0.25) is 5.73 Å². The van der Waals surface area contributed by atoms with Gasteiger partial charge in [0.1, 0.15) is 5.69 Å². The molecular weight excluding hydrogens is 274 g/mol. The minimum absolute atomic E-state index is 0.294. The van der Waals surface area contributed by atoms with E-state index in [-0.39, 0.29) is 0 Å². The molecule has 1 heterocycles. The standard InChI is InChI=1S/C18H33N3O/c1-4-6-8-10-12-20(13-11-9-7-5-2)17-14-16(3)21(22)18(19)15-17/h14-15H,4-13,19H2,1-3H3. The minimum atomic E-state index is 0.294. The first-order chi connectivity index (χ1) is 10.6. The summed E-state index contributed by atoms with van der Waals surface area (Å²) in [6.45, 7) is 8.38. The summed E-state index contributed by atoms with van der Waals surface area (Å²) in [6.07, 6.45) is 10.0. The van der Waals surface area contributed by atoms with Gasteiger partial charge in [0, 0.05) is 24.8 Å². The summed E-state index contributed by atoms with van der Waals surface area (Å²) in [5.41, 5.74) is 7.60. The van der Waals surface area contributed by atoms with Crippen molar-refractivity contribution in [3.63, 3.8) is 0 Å². The van der Waals surface area contributed by atoms with Crippen LogP contribution < -0.4 is 15.4 Å². The van der Waals surface area contributed by atoms with Crippen molar-refractivity contribution in [3.8, 4) is 0 Å². The molecule has 0 spiro atoms. The number of aromatic nitrogens is 1. The van der Waals surface area contributed by atoms with E-state index < -0.39 is 0 Å². The summed E-state index contributed by atoms with van der Waals surface area (Å²) >= 11 is 0. The van der Waals surface area contributed by atoms with E-state index in [0.717, 1.165) is 23.5 Å². The molecule has 0 amide bonds. The van der Waals surface area contributed by atoms with Gasteiger partial charge in [-0.1, -0.05) is 52.4 Å². The number of nitrogens with zero attached hydrogens (tertiary/aromatic N) is 2. The van der Waals surface area contributed by atoms with Gasteiger partial charge < -0.3 is 10.1 Å². The fourth-order valence-electron chi connectivity index (χ4n) is 2.74. The molecule has 4 heteroatoms. The second kappa shape index (κ2) is 10.3. The highest BCUT2D eigenvalue weighted by Crippen LogP contribution is 2.19. The van der Waals surface area contributed by atoms with Crippen molar-refractivity contribution in [1.82, 2.24) is 0 Å². The Morgan fingerprint density at radius 1 is 0.955 bits per heavy atom. The van der Waals surface area contributed by atoms with E-state index in [1.807, 2.05) is 19.1 Å². The van der Waals surface area contributed by atoms with Gasteiger partial charge in [0.2, 0.25) is 0 Å². The molecule has 1 rings (SSSR count). The van der Waals surface area contributed by atoms with Crippen LogP contribution in [0.5, 0.6) is 0 Å². The zero-order valence-corrected chi connectivity index (χ0v) is 14.6. The first-order valence-corrected chi connectivity index (χ1v) is 8.84. The number of hydrogen-bond acceptors (Lipinski definition) is 3. The highest BCUT2D eigenvalue weighted by molar-refractivity contribution is 5.51. The van der Waals surface area contributed by atoms with Crippen LogP contribution in [0.4, 0.5) is 11.5 Å². The Labute approximate surface area is 135 Å². The Morgan fingerprint density at radius 2 is 1.50 bits per heavy atom. The van der Waals surface area contributed by atoms with Gasteiger partial charge in [0.25, 0.3) is 5.82 Å². The molecular formula is C18H33N3O. The molecule has 2 N–H and O–H groups in total. The topological polar surface area (TPSA) is 56.2 Å². The SMILES string of the molecule is CCCCCCN(CCCCCC)c1cc(C)[n+]([O-])c(N)c1. The van der Waals surface area contributed by atoms with Crippen LogP contribution in [0.1, 0.15) is 70.9 Å². The largest absolute Gasteiger partial charge is 0.710 e. The third-order valence-corrected chi connectivity index (χ3v) is 4.14. The molecule has 126 valence electrons. The van der Waals surface area contributed by atoms with Crippen LogP contribution in [0.25, 0.3) is 0 Å². The molecule has 0 aromatic carbocycles. The lowest BCUT2D eigenvalue weighted by atomic mass is 10.1. The lowest BCUT2D eigenvalue weighted by Crippen LogP contribution is -2.35. The van der Waals surface area contributed by atoms with Gasteiger partial charge in [-0.05, 0) is 19.8 Å². The summed E-state index contributed by atoms with van der Waals surface area (Å²) in [7, 11) is 0. The van der Waals surface area contributed by atoms with Crippen molar-refractivity contribution in [2.24, 2.45) is 0 Å². The van der Waals surface area contributed by atoms with E-state index in [2.05, 4.69) is 18.7 Å². The van der Waals surface area contributed by atoms with E-state index in [4.69, 9.17) is 5.73 Å². The summed E-state index contributed by atoms with van der Waals surface area (Å²) in [6, 6.07) is 3.78. The van der Waals surface area contributed by atoms with Crippen LogP contribution in [0, 0.1) is 12.1 Å². The van der Waals surface area contributed by atoms with Crippen LogP contribution in [0.2, 0.25) is 0 Å². The van der Waals surface area contributed by atoms with Crippen LogP contribution in [-0.4, -0.2) is 13.1 Å². The van der Waals surface area contributed by atoms with Gasteiger partial charge in [-0.2, -0.15) is 0 Å². The molecule has 0 aliphatic heterocycles. The normalized spacial score (nSPS) is 10.9. The number of nitrogens with two attached hydrogens (primary N) is 1. The first-order valence-electron chi connectivity index (χ1n) is 8.84. The molecule has 22 heavy (non-hydrogen) atoms. The lowest BCUT2D eigenvalue weighted by Gasteiger charge is -2.26. The Kier molecular flexibility index (Phi) is 8.71. The predicted octanol–water partition coefficient (Wildman–Crippen LogP) is 4.18. The highest BCUT2D eigenvalue weighted by Gasteiger charge is 2.11. The van der Waals surface area contributed by atoms with Crippen molar-refractivity contribution in [2.75, 3.05) is 23.7 Å². The number of anilines is 2. The Balaban J connectivity index is 2.70. The molecule has 0 atom stereocenters. The molecule has 1 aromatic rings. The zero-order chi connectivity index (χ0) is 16.4. The average Bonchev–Trinajstić information content (AvgIpc) is 2.50. The average molecular weight is 307 g/mol. The van der Waals surface area contributed by atoms with Gasteiger partial charge in [-0.25, -0.2) is 4.73 Å². The zero-order valence-electron chi connectivity index (χ0n) is 14.6. The van der Waals surface area contributed by atoms with Crippen LogP contribution in [0.3, 0.4) is 0 Å². The van der Waals surface area contributed by atoms with E-state index in [1.165, 1.54) is 51.4 Å². The molecule has 0 aliphatic rings. The number of hydrogen-bond donors (Lipinski definition) is 1. The van der Waals surface area contributed by atoms with Gasteiger partial charge >= 0.3 is 0 Å². The quantitative estimate of drug-likeness (QED) is 0.379. The summed E-state index contributed by atoms with van der Waals surface area (Å²) in [5.74, 6) is 0.294. The smallest absolute Gasteiger partial charge is 0.277 e. The van der Waals surface area contributed by atoms with E-state index >= 15 is 0 Å². The summed E-state index contributed by atoms with van der Waals surface area (Å²) in [5, 5.41) is 11.7. The Bertz CT molecular complexity index is 399. The number of unbranched alkanes of at least 4 members (excludes halogenated alkanes) is 6. The van der Waals surface area contributed by atoms with Gasteiger partial charge in [0.05, 0.1) is 6.07 Å². The van der Waals surface area contributed by atoms with Crippen molar-refractivity contribution >= 4 is 11.5 Å². The van der Waals surface area contributed by atoms with E-state index in [0.29, 0.717) is 11.5 Å². The van der Waals surface area contributed by atoms with Crippen LogP contribution in [-0.2, 0) is 0 Å². The minimum Gasteiger partial charge on any atom is -0.710 e. The predicted molar refractivity (Wildman–Crippen MR) is 95.0 cm³/mol. The van der Waals surface area contributed by atoms with Crippen LogP contribution >= 0.6 is 0 Å². The monoisotopic (exact) mass is 307 g/mol. The summed E-state index contributed by atoms with van der Waals surface area (Å²) in [4.78, 5) is 2.40. The second-order valence-corrected chi connectivity index (χ2v) is 6.18. The molecule has 0 saturated heterocycles. The third kappa shape index (κ3) is 6.12. The van der Waals surface area contributed by atoms with Crippen molar-refractivity contribution in [3.05, 3.63) is 23.0 Å².